The lowest BCUT2D eigenvalue weighted by Crippen LogP contribution is -2.21. The number of hydrogen-bond acceptors (Lipinski definition) is 7. The predicted molar refractivity (Wildman–Crippen MR) is 104 cm³/mol. The SMILES string of the molecule is CCOC(=O)c1c(NC(=O)c2cc3ccccc3oc2=N)sc(C(N)=O)c1C. The van der Waals surface area contributed by atoms with Crippen molar-refractivity contribution in [2.45, 2.75) is 13.8 Å². The van der Waals surface area contributed by atoms with Gasteiger partial charge in [-0.1, -0.05) is 18.2 Å². The van der Waals surface area contributed by atoms with Gasteiger partial charge in [-0.25, -0.2) is 4.79 Å². The lowest BCUT2D eigenvalue weighted by Gasteiger charge is -2.07. The first-order valence-corrected chi connectivity index (χ1v) is 9.14. The average molecular weight is 399 g/mol. The van der Waals surface area contributed by atoms with E-state index in [1.54, 1.807) is 38.1 Å². The number of ether oxygens (including phenoxy) is 1. The van der Waals surface area contributed by atoms with Crippen LogP contribution in [-0.4, -0.2) is 24.4 Å². The molecule has 0 saturated carbocycles. The van der Waals surface area contributed by atoms with Crippen LogP contribution in [0.2, 0.25) is 0 Å². The van der Waals surface area contributed by atoms with Crippen LogP contribution in [0.3, 0.4) is 0 Å². The molecule has 3 rings (SSSR count). The molecule has 9 heteroatoms. The number of hydrogen-bond donors (Lipinski definition) is 3. The Kier molecular flexibility index (Phi) is 5.27. The summed E-state index contributed by atoms with van der Waals surface area (Å²) in [5.74, 6) is -2.04. The van der Waals surface area contributed by atoms with Crippen molar-refractivity contribution in [3.05, 3.63) is 57.5 Å². The number of thiophene rings is 1. The zero-order valence-corrected chi connectivity index (χ0v) is 15.9. The number of para-hydroxylation sites is 1. The Morgan fingerprint density at radius 1 is 1.29 bits per heavy atom. The van der Waals surface area contributed by atoms with Crippen LogP contribution in [0.4, 0.5) is 5.00 Å². The monoisotopic (exact) mass is 399 g/mol. The number of carbonyl (C=O) groups excluding carboxylic acids is 3. The number of rotatable bonds is 5. The van der Waals surface area contributed by atoms with Gasteiger partial charge < -0.3 is 20.2 Å². The molecule has 0 unspecified atom stereocenters. The molecule has 0 bridgehead atoms. The van der Waals surface area contributed by atoms with Crippen molar-refractivity contribution in [1.29, 1.82) is 5.41 Å². The fourth-order valence-electron chi connectivity index (χ4n) is 2.70. The van der Waals surface area contributed by atoms with Gasteiger partial charge in [0.15, 0.2) is 0 Å². The van der Waals surface area contributed by atoms with E-state index in [0.29, 0.717) is 16.5 Å². The number of anilines is 1. The highest BCUT2D eigenvalue weighted by Crippen LogP contribution is 2.33. The van der Waals surface area contributed by atoms with E-state index < -0.39 is 17.8 Å². The highest BCUT2D eigenvalue weighted by atomic mass is 32.1. The first kappa shape index (κ1) is 19.3. The van der Waals surface area contributed by atoms with Crippen LogP contribution in [0.25, 0.3) is 11.0 Å². The lowest BCUT2D eigenvalue weighted by molar-refractivity contribution is 0.0527. The van der Waals surface area contributed by atoms with Crippen LogP contribution >= 0.6 is 11.3 Å². The van der Waals surface area contributed by atoms with Gasteiger partial charge in [0.2, 0.25) is 5.55 Å². The third kappa shape index (κ3) is 3.52. The molecule has 8 nitrogen and oxygen atoms in total. The van der Waals surface area contributed by atoms with E-state index in [9.17, 15) is 14.4 Å². The summed E-state index contributed by atoms with van der Waals surface area (Å²) in [7, 11) is 0. The Morgan fingerprint density at radius 2 is 2.00 bits per heavy atom. The minimum absolute atomic E-state index is 0.0137. The van der Waals surface area contributed by atoms with Crippen molar-refractivity contribution >= 4 is 45.1 Å². The molecule has 0 fully saturated rings. The second kappa shape index (κ2) is 7.65. The van der Waals surface area contributed by atoms with E-state index in [-0.39, 0.29) is 33.2 Å². The van der Waals surface area contributed by atoms with E-state index in [1.807, 2.05) is 0 Å². The summed E-state index contributed by atoms with van der Waals surface area (Å²) >= 11 is 0.882. The van der Waals surface area contributed by atoms with Crippen molar-refractivity contribution in [2.75, 3.05) is 11.9 Å². The highest BCUT2D eigenvalue weighted by molar-refractivity contribution is 7.18. The van der Waals surface area contributed by atoms with Crippen LogP contribution in [-0.2, 0) is 4.74 Å². The van der Waals surface area contributed by atoms with E-state index >= 15 is 0 Å². The van der Waals surface area contributed by atoms with Gasteiger partial charge in [0.25, 0.3) is 11.8 Å². The Balaban J connectivity index is 2.03. The molecule has 0 aliphatic rings. The Morgan fingerprint density at radius 3 is 2.68 bits per heavy atom. The van der Waals surface area contributed by atoms with Crippen molar-refractivity contribution in [1.82, 2.24) is 0 Å². The summed E-state index contributed by atoms with van der Waals surface area (Å²) in [4.78, 5) is 36.8. The molecule has 0 aliphatic carbocycles. The summed E-state index contributed by atoms with van der Waals surface area (Å²) in [6.45, 7) is 3.34. The second-order valence-corrected chi connectivity index (χ2v) is 6.85. The lowest BCUT2D eigenvalue weighted by atomic mass is 10.1. The van der Waals surface area contributed by atoms with Crippen LogP contribution < -0.4 is 16.6 Å². The minimum Gasteiger partial charge on any atom is -0.462 e. The minimum atomic E-state index is -0.713. The quantitative estimate of drug-likeness (QED) is 0.567. The molecule has 144 valence electrons. The van der Waals surface area contributed by atoms with Gasteiger partial charge in [-0.15, -0.1) is 11.3 Å². The van der Waals surface area contributed by atoms with E-state index in [2.05, 4.69) is 5.32 Å². The molecule has 0 aliphatic heterocycles. The van der Waals surface area contributed by atoms with Gasteiger partial charge in [0.05, 0.1) is 17.0 Å². The zero-order chi connectivity index (χ0) is 20.4. The van der Waals surface area contributed by atoms with Crippen molar-refractivity contribution in [3.8, 4) is 0 Å². The number of fused-ring (bicyclic) bond motifs is 1. The zero-order valence-electron chi connectivity index (χ0n) is 15.1. The van der Waals surface area contributed by atoms with Gasteiger partial charge >= 0.3 is 5.97 Å². The summed E-state index contributed by atoms with van der Waals surface area (Å²) in [6.07, 6.45) is 0. The van der Waals surface area contributed by atoms with Gasteiger partial charge in [-0.3, -0.25) is 15.0 Å². The molecule has 1 aromatic carbocycles. The molecule has 2 heterocycles. The molecule has 0 saturated heterocycles. The maximum atomic E-state index is 12.7. The van der Waals surface area contributed by atoms with Crippen molar-refractivity contribution in [3.63, 3.8) is 0 Å². The number of nitrogens with one attached hydrogen (secondary N) is 2. The molecule has 2 aromatic heterocycles. The van der Waals surface area contributed by atoms with E-state index in [0.717, 1.165) is 11.3 Å². The van der Waals surface area contributed by atoms with E-state index in [1.165, 1.54) is 6.07 Å². The highest BCUT2D eigenvalue weighted by Gasteiger charge is 2.26. The number of nitrogens with two attached hydrogens (primary N) is 1. The molecular weight excluding hydrogens is 382 g/mol. The van der Waals surface area contributed by atoms with Gasteiger partial charge in [0.1, 0.15) is 16.1 Å². The summed E-state index contributed by atoms with van der Waals surface area (Å²) in [6, 6.07) is 8.51. The average Bonchev–Trinajstić information content (AvgIpc) is 2.97. The standard InChI is InChI=1S/C19H17N3O5S/c1-3-26-19(25)13-9(2)14(15(20)23)28-18(13)22-17(24)11-8-10-6-4-5-7-12(10)27-16(11)21/h4-8,21H,3H2,1-2H3,(H2,20,23)(H,22,24). The molecule has 0 radical (unpaired) electrons. The van der Waals surface area contributed by atoms with Crippen molar-refractivity contribution in [2.24, 2.45) is 5.73 Å². The molecule has 4 N–H and O–H groups in total. The van der Waals surface area contributed by atoms with Gasteiger partial charge in [-0.2, -0.15) is 0 Å². The smallest absolute Gasteiger partial charge is 0.341 e. The second-order valence-electron chi connectivity index (χ2n) is 5.83. The van der Waals surface area contributed by atoms with Gasteiger partial charge in [0, 0.05) is 5.39 Å². The molecule has 0 atom stereocenters. The summed E-state index contributed by atoms with van der Waals surface area (Å²) in [5.41, 5.74) is 5.90. The Bertz CT molecular complexity index is 1160. The van der Waals surface area contributed by atoms with E-state index in [4.69, 9.17) is 20.3 Å². The van der Waals surface area contributed by atoms with Crippen LogP contribution in [0.15, 0.2) is 34.7 Å². The maximum Gasteiger partial charge on any atom is 0.341 e. The Hall–Kier alpha value is -3.46. The topological polar surface area (TPSA) is 135 Å². The molecule has 0 spiro atoms. The Labute approximate surface area is 163 Å². The number of esters is 1. The van der Waals surface area contributed by atoms with Crippen LogP contribution in [0.5, 0.6) is 0 Å². The normalized spacial score (nSPS) is 10.6. The van der Waals surface area contributed by atoms with Crippen LogP contribution in [0.1, 0.15) is 42.9 Å². The summed E-state index contributed by atoms with van der Waals surface area (Å²) < 4.78 is 10.4. The first-order valence-electron chi connectivity index (χ1n) is 8.32. The molecule has 28 heavy (non-hydrogen) atoms. The predicted octanol–water partition coefficient (Wildman–Crippen LogP) is 2.81. The third-order valence-electron chi connectivity index (χ3n) is 4.00. The molecule has 2 amide bonds. The third-order valence-corrected chi connectivity index (χ3v) is 5.22. The number of amides is 2. The fourth-order valence-corrected chi connectivity index (χ4v) is 3.75. The molecule has 3 aromatic rings. The summed E-state index contributed by atoms with van der Waals surface area (Å²) in [5, 5.41) is 11.3. The largest absolute Gasteiger partial charge is 0.462 e. The number of benzene rings is 1. The fraction of sp³-hybridized carbons (Fsp3) is 0.158. The molecular formula is C19H17N3O5S. The van der Waals surface area contributed by atoms with Crippen LogP contribution in [0, 0.1) is 12.3 Å². The number of primary amides is 1. The number of carbonyl (C=O) groups is 3. The van der Waals surface area contributed by atoms with Crippen molar-refractivity contribution < 1.29 is 23.5 Å². The first-order chi connectivity index (χ1) is 13.3. The maximum absolute atomic E-state index is 12.7. The van der Waals surface area contributed by atoms with Gasteiger partial charge in [-0.05, 0) is 31.5 Å².